The third kappa shape index (κ3) is 4.41. The van der Waals surface area contributed by atoms with Gasteiger partial charge in [0, 0.05) is 10.7 Å². The monoisotopic (exact) mass is 260 g/mol. The fourth-order valence-corrected chi connectivity index (χ4v) is 1.83. The standard InChI is InChI=1S/C12H21BrO/c1-11(2,3)9(8-13)7-10(14)12(4,5)6/h7H,8H2,1-6H3/b9-7-. The minimum Gasteiger partial charge on any atom is -0.294 e. The van der Waals surface area contributed by atoms with Gasteiger partial charge in [-0.2, -0.15) is 0 Å². The first-order valence-corrected chi connectivity index (χ1v) is 6.02. The van der Waals surface area contributed by atoms with E-state index in [0.717, 1.165) is 10.9 Å². The highest BCUT2D eigenvalue weighted by atomic mass is 79.9. The molecule has 0 aliphatic rings. The van der Waals surface area contributed by atoms with Crippen molar-refractivity contribution in [3.8, 4) is 0 Å². The first-order chi connectivity index (χ1) is 6.09. The molecule has 0 bridgehead atoms. The lowest BCUT2D eigenvalue weighted by molar-refractivity contribution is -0.121. The van der Waals surface area contributed by atoms with Crippen LogP contribution in [0.1, 0.15) is 41.5 Å². The SMILES string of the molecule is CC(C)(C)C(=O)/C=C(/CBr)C(C)(C)C. The molecule has 0 aromatic carbocycles. The number of alkyl halides is 1. The minimum atomic E-state index is -0.279. The number of rotatable bonds is 2. The lowest BCUT2D eigenvalue weighted by Gasteiger charge is -2.23. The van der Waals surface area contributed by atoms with Crippen LogP contribution in [-0.2, 0) is 4.79 Å². The number of allylic oxidation sites excluding steroid dienone is 2. The Labute approximate surface area is 96.1 Å². The highest BCUT2D eigenvalue weighted by Gasteiger charge is 2.23. The van der Waals surface area contributed by atoms with Crippen LogP contribution < -0.4 is 0 Å². The summed E-state index contributed by atoms with van der Waals surface area (Å²) in [6, 6.07) is 0. The maximum atomic E-state index is 11.8. The highest BCUT2D eigenvalue weighted by Crippen LogP contribution is 2.28. The van der Waals surface area contributed by atoms with E-state index in [2.05, 4.69) is 36.7 Å². The van der Waals surface area contributed by atoms with Crippen LogP contribution in [0.15, 0.2) is 11.6 Å². The summed E-state index contributed by atoms with van der Waals surface area (Å²) in [5, 5.41) is 0.762. The Morgan fingerprint density at radius 1 is 1.07 bits per heavy atom. The van der Waals surface area contributed by atoms with E-state index in [1.807, 2.05) is 20.8 Å². The second-order valence-corrected chi connectivity index (χ2v) is 6.23. The van der Waals surface area contributed by atoms with Crippen LogP contribution in [0.25, 0.3) is 0 Å². The summed E-state index contributed by atoms with van der Waals surface area (Å²) < 4.78 is 0. The van der Waals surface area contributed by atoms with Crippen molar-refractivity contribution < 1.29 is 4.79 Å². The highest BCUT2D eigenvalue weighted by molar-refractivity contribution is 9.09. The van der Waals surface area contributed by atoms with E-state index in [1.54, 1.807) is 6.08 Å². The quantitative estimate of drug-likeness (QED) is 0.543. The Kier molecular flexibility index (Phi) is 4.57. The number of carbonyl (C=O) groups is 1. The summed E-state index contributed by atoms with van der Waals surface area (Å²) in [6.07, 6.45) is 1.79. The molecule has 0 saturated heterocycles. The molecule has 0 saturated carbocycles. The molecule has 0 radical (unpaired) electrons. The van der Waals surface area contributed by atoms with Gasteiger partial charge < -0.3 is 0 Å². The van der Waals surface area contributed by atoms with E-state index in [-0.39, 0.29) is 16.6 Å². The first kappa shape index (κ1) is 13.9. The molecule has 0 aliphatic heterocycles. The summed E-state index contributed by atoms with van der Waals surface area (Å²) in [5.41, 5.74) is 0.931. The zero-order chi connectivity index (χ0) is 11.6. The number of carbonyl (C=O) groups excluding carboxylic acids is 1. The topological polar surface area (TPSA) is 17.1 Å². The predicted molar refractivity (Wildman–Crippen MR) is 65.8 cm³/mol. The average Bonchev–Trinajstić information content (AvgIpc) is 1.95. The number of ketones is 1. The summed E-state index contributed by atoms with van der Waals surface area (Å²) in [7, 11) is 0. The molecule has 0 heterocycles. The van der Waals surface area contributed by atoms with Gasteiger partial charge in [-0.05, 0) is 11.5 Å². The average molecular weight is 261 g/mol. The Balaban J connectivity index is 4.89. The van der Waals surface area contributed by atoms with Gasteiger partial charge in [0.05, 0.1) is 0 Å². The number of hydrogen-bond donors (Lipinski definition) is 0. The second kappa shape index (κ2) is 4.61. The van der Waals surface area contributed by atoms with Gasteiger partial charge in [0.1, 0.15) is 0 Å². The summed E-state index contributed by atoms with van der Waals surface area (Å²) in [6.45, 7) is 12.2. The van der Waals surface area contributed by atoms with Crippen molar-refractivity contribution in [1.29, 1.82) is 0 Å². The van der Waals surface area contributed by atoms with E-state index in [1.165, 1.54) is 0 Å². The molecule has 0 aromatic rings. The van der Waals surface area contributed by atoms with Crippen LogP contribution in [0.5, 0.6) is 0 Å². The predicted octanol–water partition coefficient (Wildman–Crippen LogP) is 3.97. The van der Waals surface area contributed by atoms with Crippen molar-refractivity contribution in [2.75, 3.05) is 5.33 Å². The van der Waals surface area contributed by atoms with Crippen molar-refractivity contribution in [3.63, 3.8) is 0 Å². The molecule has 0 amide bonds. The van der Waals surface area contributed by atoms with Gasteiger partial charge in [-0.15, -0.1) is 0 Å². The fraction of sp³-hybridized carbons (Fsp3) is 0.750. The molecule has 1 nitrogen and oxygen atoms in total. The molecule has 0 fully saturated rings. The third-order valence-corrected chi connectivity index (χ3v) is 2.76. The first-order valence-electron chi connectivity index (χ1n) is 4.90. The van der Waals surface area contributed by atoms with Crippen molar-refractivity contribution in [2.24, 2.45) is 10.8 Å². The maximum Gasteiger partial charge on any atom is 0.160 e. The smallest absolute Gasteiger partial charge is 0.160 e. The van der Waals surface area contributed by atoms with Gasteiger partial charge in [-0.25, -0.2) is 0 Å². The van der Waals surface area contributed by atoms with Crippen LogP contribution in [-0.4, -0.2) is 11.1 Å². The molecular weight excluding hydrogens is 240 g/mol. The number of halogens is 1. The lowest BCUT2D eigenvalue weighted by atomic mass is 9.83. The van der Waals surface area contributed by atoms with E-state index in [0.29, 0.717) is 0 Å². The minimum absolute atomic E-state index is 0.0599. The van der Waals surface area contributed by atoms with Gasteiger partial charge in [-0.3, -0.25) is 4.79 Å². The fourth-order valence-electron chi connectivity index (χ4n) is 0.830. The van der Waals surface area contributed by atoms with E-state index >= 15 is 0 Å². The zero-order valence-corrected chi connectivity index (χ0v) is 11.7. The molecule has 0 N–H and O–H groups in total. The van der Waals surface area contributed by atoms with Crippen LogP contribution in [0.2, 0.25) is 0 Å². The van der Waals surface area contributed by atoms with E-state index < -0.39 is 0 Å². The Hall–Kier alpha value is -0.110. The van der Waals surface area contributed by atoms with Gasteiger partial charge in [0.25, 0.3) is 0 Å². The summed E-state index contributed by atoms with van der Waals surface area (Å²) >= 11 is 3.43. The largest absolute Gasteiger partial charge is 0.294 e. The molecule has 0 atom stereocenters. The molecule has 0 unspecified atom stereocenters. The lowest BCUT2D eigenvalue weighted by Crippen LogP contribution is -2.21. The van der Waals surface area contributed by atoms with Gasteiger partial charge in [-0.1, -0.05) is 63.0 Å². The Morgan fingerprint density at radius 2 is 1.50 bits per heavy atom. The Morgan fingerprint density at radius 3 is 1.71 bits per heavy atom. The molecule has 0 aliphatic carbocycles. The van der Waals surface area contributed by atoms with Gasteiger partial charge >= 0.3 is 0 Å². The molecule has 0 aromatic heterocycles. The Bertz CT molecular complexity index is 238. The van der Waals surface area contributed by atoms with Gasteiger partial charge in [0.15, 0.2) is 5.78 Å². The van der Waals surface area contributed by atoms with Crippen molar-refractivity contribution in [2.45, 2.75) is 41.5 Å². The molecule has 0 spiro atoms. The van der Waals surface area contributed by atoms with Crippen LogP contribution in [0, 0.1) is 10.8 Å². The normalized spacial score (nSPS) is 14.4. The van der Waals surface area contributed by atoms with Gasteiger partial charge in [0.2, 0.25) is 0 Å². The summed E-state index contributed by atoms with van der Waals surface area (Å²) in [4.78, 5) is 11.8. The molecule has 0 rings (SSSR count). The van der Waals surface area contributed by atoms with Crippen LogP contribution in [0.4, 0.5) is 0 Å². The maximum absolute atomic E-state index is 11.8. The molecule has 2 heteroatoms. The van der Waals surface area contributed by atoms with Crippen molar-refractivity contribution >= 4 is 21.7 Å². The molecule has 14 heavy (non-hydrogen) atoms. The van der Waals surface area contributed by atoms with Crippen LogP contribution in [0.3, 0.4) is 0 Å². The van der Waals surface area contributed by atoms with Crippen molar-refractivity contribution in [1.82, 2.24) is 0 Å². The van der Waals surface area contributed by atoms with Crippen LogP contribution >= 0.6 is 15.9 Å². The van der Waals surface area contributed by atoms with E-state index in [4.69, 9.17) is 0 Å². The summed E-state index contributed by atoms with van der Waals surface area (Å²) in [5.74, 6) is 0.196. The number of hydrogen-bond acceptors (Lipinski definition) is 1. The molecular formula is C12H21BrO. The zero-order valence-electron chi connectivity index (χ0n) is 10.1. The second-order valence-electron chi connectivity index (χ2n) is 5.67. The molecule has 82 valence electrons. The third-order valence-electron chi connectivity index (χ3n) is 2.15. The van der Waals surface area contributed by atoms with Crippen molar-refractivity contribution in [3.05, 3.63) is 11.6 Å². The van der Waals surface area contributed by atoms with E-state index in [9.17, 15) is 4.79 Å².